The molecule has 0 radical (unpaired) electrons. The molecule has 4 amide bonds. The van der Waals surface area contributed by atoms with Gasteiger partial charge in [0.2, 0.25) is 23.6 Å². The van der Waals surface area contributed by atoms with Crippen LogP contribution in [0.1, 0.15) is 45.4 Å². The summed E-state index contributed by atoms with van der Waals surface area (Å²) in [6, 6.07) is -3.08. The number of hydrogen-bond donors (Lipinski definition) is 7. The Kier molecular flexibility index (Phi) is 11.0. The maximum atomic E-state index is 13.7. The lowest BCUT2D eigenvalue weighted by molar-refractivity contribution is -0.144. The van der Waals surface area contributed by atoms with E-state index in [4.69, 9.17) is 17.2 Å². The van der Waals surface area contributed by atoms with E-state index in [-0.39, 0.29) is 69.3 Å². The molecule has 0 aromatic rings. The fourth-order valence-corrected chi connectivity index (χ4v) is 5.49. The van der Waals surface area contributed by atoms with Crippen molar-refractivity contribution < 1.29 is 28.8 Å². The van der Waals surface area contributed by atoms with Crippen LogP contribution in [0.15, 0.2) is 4.99 Å². The lowest BCUT2D eigenvalue weighted by atomic mass is 9.75. The topological polar surface area (TPSA) is 244 Å². The van der Waals surface area contributed by atoms with Gasteiger partial charge in [0, 0.05) is 31.5 Å². The highest BCUT2D eigenvalue weighted by Crippen LogP contribution is 2.30. The van der Waals surface area contributed by atoms with Crippen molar-refractivity contribution in [3.63, 3.8) is 0 Å². The third-order valence-electron chi connectivity index (χ3n) is 7.61. The smallest absolute Gasteiger partial charge is 0.240 e. The van der Waals surface area contributed by atoms with Crippen molar-refractivity contribution in [3.8, 4) is 0 Å². The van der Waals surface area contributed by atoms with Crippen molar-refractivity contribution in [1.29, 1.82) is 0 Å². The van der Waals surface area contributed by atoms with Crippen LogP contribution in [-0.2, 0) is 28.8 Å². The minimum Gasteiger partial charge on any atom is -0.370 e. The first-order valence-electron chi connectivity index (χ1n) is 13.8. The van der Waals surface area contributed by atoms with Crippen LogP contribution in [0.25, 0.3) is 0 Å². The number of piperazine rings is 2. The second-order valence-corrected chi connectivity index (χ2v) is 10.7. The summed E-state index contributed by atoms with van der Waals surface area (Å²) in [5.41, 5.74) is 16.1. The number of unbranched alkanes of at least 4 members (excludes halogenated alkanes) is 1. The number of ketones is 2. The number of primary amides is 1. The lowest BCUT2D eigenvalue weighted by Crippen LogP contribution is -2.64. The van der Waals surface area contributed by atoms with E-state index in [0.29, 0.717) is 12.8 Å². The summed E-state index contributed by atoms with van der Waals surface area (Å²) in [5.74, 6) is -4.34. The van der Waals surface area contributed by atoms with Gasteiger partial charge in [0.1, 0.15) is 18.1 Å². The van der Waals surface area contributed by atoms with Crippen molar-refractivity contribution in [2.75, 3.05) is 32.7 Å². The quantitative estimate of drug-likeness (QED) is 0.0655. The van der Waals surface area contributed by atoms with E-state index >= 15 is 0 Å². The van der Waals surface area contributed by atoms with Gasteiger partial charge in [-0.15, -0.1) is 0 Å². The Balaban J connectivity index is 1.65. The van der Waals surface area contributed by atoms with Gasteiger partial charge >= 0.3 is 0 Å². The fraction of sp³-hybridized carbons (Fsp3) is 0.720. The zero-order valence-electron chi connectivity index (χ0n) is 22.8. The predicted octanol–water partition coefficient (Wildman–Crippen LogP) is -3.77. The second-order valence-electron chi connectivity index (χ2n) is 10.7. The number of guanidine groups is 1. The molecule has 3 aliphatic rings. The number of carbonyl (C=O) groups is 6. The van der Waals surface area contributed by atoms with Crippen LogP contribution >= 0.6 is 0 Å². The minimum atomic E-state index is -1.02. The van der Waals surface area contributed by atoms with Crippen molar-refractivity contribution in [2.24, 2.45) is 34.0 Å². The van der Waals surface area contributed by atoms with Gasteiger partial charge in [0.15, 0.2) is 17.5 Å². The van der Waals surface area contributed by atoms with Crippen LogP contribution in [0.3, 0.4) is 0 Å². The van der Waals surface area contributed by atoms with Crippen molar-refractivity contribution in [3.05, 3.63) is 0 Å². The van der Waals surface area contributed by atoms with Crippen LogP contribution in [-0.4, -0.2) is 103 Å². The summed E-state index contributed by atoms with van der Waals surface area (Å²) in [7, 11) is 0. The molecule has 3 saturated heterocycles. The molecule has 0 aromatic heterocycles. The predicted molar refractivity (Wildman–Crippen MR) is 144 cm³/mol. The van der Waals surface area contributed by atoms with Crippen molar-refractivity contribution >= 4 is 41.2 Å². The summed E-state index contributed by atoms with van der Waals surface area (Å²) < 4.78 is 0. The van der Waals surface area contributed by atoms with Crippen LogP contribution in [0.4, 0.5) is 0 Å². The molecule has 3 fully saturated rings. The summed E-state index contributed by atoms with van der Waals surface area (Å²) >= 11 is 0. The van der Waals surface area contributed by atoms with Crippen LogP contribution in [0.5, 0.6) is 0 Å². The SMILES string of the molecule is CCCC[C@@H]1NC[C@H](C(=O)CN2CC(=O)N[C@@H](C(=O)C3C[C@H](C(N)=O)NC(=O)[C@H]3CCCN=C(N)N)C2)NC1=O. The Labute approximate surface area is 232 Å². The monoisotopic (exact) mass is 563 g/mol. The number of carbonyl (C=O) groups excluding carboxylic acids is 6. The molecule has 0 saturated carbocycles. The molecule has 0 bridgehead atoms. The molecule has 40 heavy (non-hydrogen) atoms. The highest BCUT2D eigenvalue weighted by Gasteiger charge is 2.45. The Hall–Kier alpha value is -3.59. The average molecular weight is 564 g/mol. The van der Waals surface area contributed by atoms with Crippen molar-refractivity contribution in [1.82, 2.24) is 26.2 Å². The number of piperidine rings is 1. The molecule has 222 valence electrons. The van der Waals surface area contributed by atoms with Gasteiger partial charge in [0.25, 0.3) is 0 Å². The third kappa shape index (κ3) is 8.21. The highest BCUT2D eigenvalue weighted by molar-refractivity contribution is 5.99. The van der Waals surface area contributed by atoms with Gasteiger partial charge in [-0.2, -0.15) is 0 Å². The number of nitrogens with zero attached hydrogens (tertiary/aromatic N) is 2. The van der Waals surface area contributed by atoms with Gasteiger partial charge in [-0.25, -0.2) is 0 Å². The van der Waals surface area contributed by atoms with E-state index in [1.54, 1.807) is 4.90 Å². The van der Waals surface area contributed by atoms with E-state index in [2.05, 4.69) is 26.3 Å². The summed E-state index contributed by atoms with van der Waals surface area (Å²) in [6.07, 6.45) is 3.22. The van der Waals surface area contributed by atoms with Gasteiger partial charge in [-0.05, 0) is 25.7 Å². The van der Waals surface area contributed by atoms with E-state index in [9.17, 15) is 28.8 Å². The summed E-state index contributed by atoms with van der Waals surface area (Å²) in [4.78, 5) is 81.7. The lowest BCUT2D eigenvalue weighted by Gasteiger charge is -2.39. The van der Waals surface area contributed by atoms with E-state index < -0.39 is 53.5 Å². The van der Waals surface area contributed by atoms with Gasteiger partial charge in [-0.1, -0.05) is 19.8 Å². The van der Waals surface area contributed by atoms with Gasteiger partial charge in [0.05, 0.1) is 19.1 Å². The van der Waals surface area contributed by atoms with Crippen LogP contribution < -0.4 is 38.5 Å². The Morgan fingerprint density at radius 3 is 2.33 bits per heavy atom. The zero-order valence-corrected chi connectivity index (χ0v) is 22.8. The average Bonchev–Trinajstić information content (AvgIpc) is 2.89. The molecule has 15 nitrogen and oxygen atoms in total. The number of aliphatic imine (C=N–C) groups is 1. The normalized spacial score (nSPS) is 29.1. The molecule has 0 aliphatic carbocycles. The first kappa shape index (κ1) is 30.9. The Morgan fingerprint density at radius 2 is 1.68 bits per heavy atom. The molecule has 3 rings (SSSR count). The van der Waals surface area contributed by atoms with Crippen LogP contribution in [0, 0.1) is 11.8 Å². The van der Waals surface area contributed by atoms with Gasteiger partial charge < -0.3 is 38.5 Å². The standard InChI is InChI=1S/C25H41N9O6/c1-2-3-6-15-24(40)33-17(9-30-15)19(35)11-34-10-18(31-20(36)12-34)21(37)14-8-16(22(26)38)32-23(39)13(14)5-4-7-29-25(27)28/h13-18,30H,2-12H2,1H3,(H2,26,38)(H,31,36)(H,32,39)(H,33,40)(H4,27,28,29)/t13-,14?,15-,16+,17+,18+/m0/s1. The van der Waals surface area contributed by atoms with Crippen molar-refractivity contribution in [2.45, 2.75) is 69.6 Å². The maximum absolute atomic E-state index is 13.7. The summed E-state index contributed by atoms with van der Waals surface area (Å²) in [6.45, 7) is 2.39. The van der Waals surface area contributed by atoms with E-state index in [0.717, 1.165) is 12.8 Å². The Morgan fingerprint density at radius 1 is 0.950 bits per heavy atom. The fourth-order valence-electron chi connectivity index (χ4n) is 5.49. The molecule has 15 heteroatoms. The second kappa shape index (κ2) is 14.2. The van der Waals surface area contributed by atoms with E-state index in [1.165, 1.54) is 0 Å². The first-order valence-corrected chi connectivity index (χ1v) is 13.8. The number of amides is 4. The van der Waals surface area contributed by atoms with E-state index in [1.807, 2.05) is 6.92 Å². The molecule has 6 atom stereocenters. The molecule has 1 unspecified atom stereocenters. The summed E-state index contributed by atoms with van der Waals surface area (Å²) in [5, 5.41) is 11.1. The highest BCUT2D eigenvalue weighted by atomic mass is 16.2. The zero-order chi connectivity index (χ0) is 29.4. The molecule has 0 aromatic carbocycles. The number of nitrogens with two attached hydrogens (primary N) is 3. The molecular formula is C25H41N9O6. The number of nitrogens with one attached hydrogen (secondary N) is 4. The molecule has 3 aliphatic heterocycles. The molecule has 3 heterocycles. The largest absolute Gasteiger partial charge is 0.370 e. The number of rotatable bonds is 13. The molecular weight excluding hydrogens is 522 g/mol. The minimum absolute atomic E-state index is 0.00283. The Bertz CT molecular complexity index is 1030. The third-order valence-corrected chi connectivity index (χ3v) is 7.61. The first-order chi connectivity index (χ1) is 19.0. The van der Waals surface area contributed by atoms with Gasteiger partial charge in [-0.3, -0.25) is 38.7 Å². The van der Waals surface area contributed by atoms with Crippen LogP contribution in [0.2, 0.25) is 0 Å². The molecule has 10 N–H and O–H groups in total. The molecule has 0 spiro atoms. The number of hydrogen-bond acceptors (Lipinski definition) is 9. The number of Topliss-reactive ketones (excluding diaryl/α,β-unsaturated/α-hetero) is 2. The maximum Gasteiger partial charge on any atom is 0.240 e.